The average Bonchev–Trinajstić information content (AvgIpc) is 2.47. The molecule has 5 rings (SSSR count). The van der Waals surface area contributed by atoms with Gasteiger partial charge in [-0.1, -0.05) is 30.3 Å². The second-order valence-corrected chi connectivity index (χ2v) is 7.67. The van der Waals surface area contributed by atoms with Crippen molar-refractivity contribution in [1.29, 1.82) is 5.26 Å². The highest BCUT2D eigenvalue weighted by molar-refractivity contribution is 5.25. The third kappa shape index (κ3) is 2.49. The van der Waals surface area contributed by atoms with Crippen molar-refractivity contribution in [2.45, 2.75) is 50.0 Å². The van der Waals surface area contributed by atoms with Gasteiger partial charge < -0.3 is 5.32 Å². The van der Waals surface area contributed by atoms with E-state index >= 15 is 0 Å². The predicted octanol–water partition coefficient (Wildman–Crippen LogP) is 3.85. The third-order valence-corrected chi connectivity index (χ3v) is 6.08. The Morgan fingerprint density at radius 1 is 1.05 bits per heavy atom. The maximum absolute atomic E-state index is 9.50. The number of benzene rings is 1. The van der Waals surface area contributed by atoms with Gasteiger partial charge in [0.05, 0.1) is 12.0 Å². The third-order valence-electron chi connectivity index (χ3n) is 6.08. The molecule has 1 aromatic rings. The Morgan fingerprint density at radius 2 is 1.62 bits per heavy atom. The van der Waals surface area contributed by atoms with Crippen LogP contribution < -0.4 is 5.32 Å². The SMILES string of the molecule is N#CC(CNC12CC3CC(CC(C3)C1)C2)c1ccccc1. The number of nitriles is 1. The van der Waals surface area contributed by atoms with E-state index in [0.29, 0.717) is 5.54 Å². The fourth-order valence-electron chi connectivity index (χ4n) is 5.57. The summed E-state index contributed by atoms with van der Waals surface area (Å²) in [6.07, 6.45) is 8.48. The first-order valence-corrected chi connectivity index (χ1v) is 8.46. The van der Waals surface area contributed by atoms with Crippen molar-refractivity contribution in [2.24, 2.45) is 17.8 Å². The number of rotatable bonds is 4. The Labute approximate surface area is 127 Å². The van der Waals surface area contributed by atoms with Crippen molar-refractivity contribution >= 4 is 0 Å². The minimum Gasteiger partial charge on any atom is -0.310 e. The van der Waals surface area contributed by atoms with Crippen LogP contribution in [0.1, 0.15) is 50.0 Å². The molecular formula is C19H24N2. The topological polar surface area (TPSA) is 35.8 Å². The summed E-state index contributed by atoms with van der Waals surface area (Å²) in [5.41, 5.74) is 1.51. The quantitative estimate of drug-likeness (QED) is 0.909. The van der Waals surface area contributed by atoms with Crippen LogP contribution in [0.2, 0.25) is 0 Å². The lowest BCUT2D eigenvalue weighted by Gasteiger charge is -2.57. The summed E-state index contributed by atoms with van der Waals surface area (Å²) in [4.78, 5) is 0. The number of nitrogens with one attached hydrogen (secondary N) is 1. The van der Waals surface area contributed by atoms with E-state index in [4.69, 9.17) is 0 Å². The molecule has 4 fully saturated rings. The second kappa shape index (κ2) is 5.14. The molecule has 4 saturated carbocycles. The summed E-state index contributed by atoms with van der Waals surface area (Å²) in [5.74, 6) is 2.86. The highest BCUT2D eigenvalue weighted by Gasteiger charge is 2.50. The number of hydrogen-bond acceptors (Lipinski definition) is 2. The minimum absolute atomic E-state index is 0.0146. The van der Waals surface area contributed by atoms with Gasteiger partial charge in [0.25, 0.3) is 0 Å². The zero-order valence-corrected chi connectivity index (χ0v) is 12.6. The highest BCUT2D eigenvalue weighted by Crippen LogP contribution is 2.55. The smallest absolute Gasteiger partial charge is 0.0837 e. The molecule has 0 aliphatic heterocycles. The van der Waals surface area contributed by atoms with Crippen molar-refractivity contribution in [1.82, 2.24) is 5.32 Å². The number of nitrogens with zero attached hydrogens (tertiary/aromatic N) is 1. The van der Waals surface area contributed by atoms with Gasteiger partial charge in [-0.2, -0.15) is 5.26 Å². The molecule has 1 atom stereocenters. The van der Waals surface area contributed by atoms with Crippen LogP contribution in [0.25, 0.3) is 0 Å². The van der Waals surface area contributed by atoms with Gasteiger partial charge in [0.1, 0.15) is 0 Å². The molecule has 0 heterocycles. The molecule has 0 amide bonds. The fraction of sp³-hybridized carbons (Fsp3) is 0.632. The molecule has 0 saturated heterocycles. The lowest BCUT2D eigenvalue weighted by molar-refractivity contribution is -0.0196. The normalized spacial score (nSPS) is 38.1. The summed E-state index contributed by atoms with van der Waals surface area (Å²) in [6, 6.07) is 12.7. The van der Waals surface area contributed by atoms with E-state index in [9.17, 15) is 5.26 Å². The van der Waals surface area contributed by atoms with Gasteiger partial charge in [-0.25, -0.2) is 0 Å². The van der Waals surface area contributed by atoms with Crippen LogP contribution in [-0.4, -0.2) is 12.1 Å². The molecule has 0 spiro atoms. The van der Waals surface area contributed by atoms with E-state index < -0.39 is 0 Å². The van der Waals surface area contributed by atoms with Crippen molar-refractivity contribution in [3.8, 4) is 6.07 Å². The molecule has 4 aliphatic carbocycles. The van der Waals surface area contributed by atoms with Crippen LogP contribution in [0.15, 0.2) is 30.3 Å². The van der Waals surface area contributed by atoms with E-state index in [1.807, 2.05) is 18.2 Å². The Hall–Kier alpha value is -1.33. The van der Waals surface area contributed by atoms with Crippen LogP contribution in [0, 0.1) is 29.1 Å². The van der Waals surface area contributed by atoms with Gasteiger partial charge in [0.15, 0.2) is 0 Å². The maximum Gasteiger partial charge on any atom is 0.0837 e. The van der Waals surface area contributed by atoms with E-state index in [1.54, 1.807) is 0 Å². The van der Waals surface area contributed by atoms with Gasteiger partial charge in [0, 0.05) is 12.1 Å². The fourth-order valence-corrected chi connectivity index (χ4v) is 5.57. The molecule has 2 nitrogen and oxygen atoms in total. The van der Waals surface area contributed by atoms with Crippen molar-refractivity contribution in [3.63, 3.8) is 0 Å². The number of hydrogen-bond donors (Lipinski definition) is 1. The molecule has 4 bridgehead atoms. The van der Waals surface area contributed by atoms with Gasteiger partial charge in [-0.3, -0.25) is 0 Å². The molecule has 21 heavy (non-hydrogen) atoms. The maximum atomic E-state index is 9.50. The molecule has 1 unspecified atom stereocenters. The van der Waals surface area contributed by atoms with Gasteiger partial charge in [-0.15, -0.1) is 0 Å². The van der Waals surface area contributed by atoms with Crippen LogP contribution in [0.5, 0.6) is 0 Å². The molecular weight excluding hydrogens is 256 g/mol. The minimum atomic E-state index is -0.0146. The highest BCUT2D eigenvalue weighted by atomic mass is 15.0. The monoisotopic (exact) mass is 280 g/mol. The molecule has 1 aromatic carbocycles. The van der Waals surface area contributed by atoms with Crippen LogP contribution in [0.3, 0.4) is 0 Å². The standard InChI is InChI=1S/C19H24N2/c20-12-18(17-4-2-1-3-5-17)13-21-19-9-14-6-15(10-19)8-16(7-14)11-19/h1-5,14-16,18,21H,6-11,13H2. The van der Waals surface area contributed by atoms with E-state index in [0.717, 1.165) is 29.9 Å². The molecule has 4 aliphatic rings. The lowest BCUT2D eigenvalue weighted by Crippen LogP contribution is -2.58. The Balaban J connectivity index is 1.46. The summed E-state index contributed by atoms with van der Waals surface area (Å²) in [5, 5.41) is 13.4. The Bertz CT molecular complexity index is 507. The van der Waals surface area contributed by atoms with Crippen molar-refractivity contribution < 1.29 is 0 Å². The second-order valence-electron chi connectivity index (χ2n) is 7.67. The zero-order chi connectivity index (χ0) is 14.3. The van der Waals surface area contributed by atoms with Crippen molar-refractivity contribution in [2.75, 3.05) is 6.54 Å². The predicted molar refractivity (Wildman–Crippen MR) is 83.7 cm³/mol. The summed E-state index contributed by atoms with van der Waals surface area (Å²) in [6.45, 7) is 0.812. The Morgan fingerprint density at radius 3 is 2.14 bits per heavy atom. The van der Waals surface area contributed by atoms with Crippen molar-refractivity contribution in [3.05, 3.63) is 35.9 Å². The first-order valence-electron chi connectivity index (χ1n) is 8.46. The summed E-state index contributed by atoms with van der Waals surface area (Å²) < 4.78 is 0. The molecule has 110 valence electrons. The average molecular weight is 280 g/mol. The lowest BCUT2D eigenvalue weighted by atomic mass is 9.53. The van der Waals surface area contributed by atoms with E-state index in [2.05, 4.69) is 23.5 Å². The largest absolute Gasteiger partial charge is 0.310 e. The summed E-state index contributed by atoms with van der Waals surface area (Å²) in [7, 11) is 0. The summed E-state index contributed by atoms with van der Waals surface area (Å²) >= 11 is 0. The van der Waals surface area contributed by atoms with Crippen LogP contribution in [0.4, 0.5) is 0 Å². The Kier molecular flexibility index (Phi) is 3.27. The molecule has 2 heteroatoms. The first-order chi connectivity index (χ1) is 10.3. The van der Waals surface area contributed by atoms with E-state index in [-0.39, 0.29) is 5.92 Å². The molecule has 0 radical (unpaired) electrons. The van der Waals surface area contributed by atoms with Crippen LogP contribution >= 0.6 is 0 Å². The van der Waals surface area contributed by atoms with E-state index in [1.165, 1.54) is 38.5 Å². The zero-order valence-electron chi connectivity index (χ0n) is 12.6. The van der Waals surface area contributed by atoms with Gasteiger partial charge in [0.2, 0.25) is 0 Å². The first kappa shape index (κ1) is 13.3. The molecule has 0 aromatic heterocycles. The molecule has 1 N–H and O–H groups in total. The van der Waals surface area contributed by atoms with Gasteiger partial charge in [-0.05, 0) is 61.8 Å². The van der Waals surface area contributed by atoms with Gasteiger partial charge >= 0.3 is 0 Å². The van der Waals surface area contributed by atoms with Crippen LogP contribution in [-0.2, 0) is 0 Å².